The first-order valence-corrected chi connectivity index (χ1v) is 28.3. The lowest BCUT2D eigenvalue weighted by molar-refractivity contribution is -0.371. The molecule has 19 unspecified atom stereocenters. The van der Waals surface area contributed by atoms with Gasteiger partial charge in [-0.2, -0.15) is 0 Å². The summed E-state index contributed by atoms with van der Waals surface area (Å²) in [5, 5.41) is 57.0. The average Bonchev–Trinajstić information content (AvgIpc) is 1.64. The molecule has 5 N–H and O–H groups in total. The van der Waals surface area contributed by atoms with Gasteiger partial charge in [-0.1, -0.05) is 113 Å². The van der Waals surface area contributed by atoms with Crippen molar-refractivity contribution < 1.29 is 77.9 Å². The van der Waals surface area contributed by atoms with Crippen molar-refractivity contribution in [1.82, 2.24) is 0 Å². The Morgan fingerprint density at radius 3 is 1.87 bits per heavy atom. The Labute approximate surface area is 463 Å². The van der Waals surface area contributed by atoms with Gasteiger partial charge in [-0.05, 0) is 153 Å². The van der Waals surface area contributed by atoms with Crippen LogP contribution < -0.4 is 9.47 Å². The van der Waals surface area contributed by atoms with E-state index in [0.717, 1.165) is 43.2 Å². The number of hydrogen-bond acceptors (Lipinski definition) is 16. The van der Waals surface area contributed by atoms with Gasteiger partial charge in [0.05, 0.1) is 11.5 Å². The van der Waals surface area contributed by atoms with Crippen LogP contribution in [0.5, 0.6) is 11.5 Å². The molecule has 0 aromatic heterocycles. The van der Waals surface area contributed by atoms with E-state index in [1.807, 2.05) is 57.2 Å². The number of carbonyl (C=O) groups is 4. The lowest BCUT2D eigenvalue weighted by Gasteiger charge is -2.70. The van der Waals surface area contributed by atoms with Crippen LogP contribution in [-0.2, 0) is 49.5 Å². The molecule has 19 atom stereocenters. The van der Waals surface area contributed by atoms with Gasteiger partial charge < -0.3 is 58.7 Å². The maximum atomic E-state index is 15.4. The summed E-state index contributed by atoms with van der Waals surface area (Å²) in [6, 6.07) is 22.9. The first-order valence-electron chi connectivity index (χ1n) is 28.3. The summed E-state index contributed by atoms with van der Waals surface area (Å²) in [5.41, 5.74) is 1.00. The van der Waals surface area contributed by atoms with E-state index < -0.39 is 101 Å². The zero-order chi connectivity index (χ0) is 56.8. The van der Waals surface area contributed by atoms with E-state index in [0.29, 0.717) is 37.0 Å². The fraction of sp³-hybridized carbons (Fsp3) is 0.619. The lowest BCUT2D eigenvalue weighted by atomic mass is 9.33. The number of esters is 3. The Kier molecular flexibility index (Phi) is 15.4. The molecule has 10 rings (SSSR count). The topological polar surface area (TPSA) is 234 Å². The third kappa shape index (κ3) is 10.0. The molecule has 5 aliphatic carbocycles. The summed E-state index contributed by atoms with van der Waals surface area (Å²) in [5.74, 6) is -2.00. The number of carbonyl (C=O) groups excluding carboxylic acids is 4. The maximum absolute atomic E-state index is 15.4. The molecule has 16 heteroatoms. The van der Waals surface area contributed by atoms with E-state index in [4.69, 9.17) is 33.2 Å². The van der Waals surface area contributed by atoms with Gasteiger partial charge in [0, 0.05) is 5.92 Å². The molecule has 0 amide bonds. The molecule has 3 aromatic rings. The second kappa shape index (κ2) is 21.1. The molecule has 428 valence electrons. The summed E-state index contributed by atoms with van der Waals surface area (Å²) < 4.78 is 42.4. The molecular formula is C63H80O16. The molecule has 3 aromatic carbocycles. The fourth-order valence-electron chi connectivity index (χ4n) is 15.8. The standard InChI is InChI=1S/C63H80O16/c1-34-15-19-37(20-16-34)74-54(71)50-45(66)44(65)48(69)55(77-50)79-51-47(68)46(67)49(53(70)73-33-36-13-11-10-12-14-36)78-56(51)76-43-24-25-61(7)42(58(43,3)4)23-26-63(9)52(61)41(64)31-39-40-32-60(6,28-27-59(40,5)29-30-62(39,63)8)57(72)75-38-21-17-35(2)18-22-38/h10-22,31,40,42-52,55-56,65-69H,23-30,32-33H2,1-9H3. The van der Waals surface area contributed by atoms with Crippen LogP contribution in [-0.4, -0.2) is 117 Å². The second-order valence-electron chi connectivity index (χ2n) is 26.2. The molecule has 16 nitrogen and oxygen atoms in total. The number of rotatable bonds is 11. The SMILES string of the molecule is Cc1ccc(OC(=O)C2OC(OC3C(OC4CCC5(C)C(CCC6(C)C5C(=O)C=C5C7CC(C)(C(=O)Oc8ccc(C)cc8)CCC7(C)CCC56C)C4(C)C)OC(C(=O)OCc4ccccc4)C(O)C3O)C(O)C(O)C2O)cc1. The largest absolute Gasteiger partial charge is 0.459 e. The summed E-state index contributed by atoms with van der Waals surface area (Å²) in [7, 11) is 0. The number of aliphatic hydroxyl groups excluding tert-OH is 5. The first-order chi connectivity index (χ1) is 37.2. The molecule has 2 saturated heterocycles. The Hall–Kier alpha value is -4.88. The average molecular weight is 1090 g/mol. The van der Waals surface area contributed by atoms with Crippen LogP contribution in [0.3, 0.4) is 0 Å². The maximum Gasteiger partial charge on any atom is 0.343 e. The van der Waals surface area contributed by atoms with Gasteiger partial charge in [0.2, 0.25) is 0 Å². The minimum Gasteiger partial charge on any atom is -0.459 e. The minimum absolute atomic E-state index is 0.00852. The summed E-state index contributed by atoms with van der Waals surface area (Å²) >= 11 is 0. The third-order valence-corrected chi connectivity index (χ3v) is 20.9. The monoisotopic (exact) mass is 1090 g/mol. The molecule has 0 radical (unpaired) electrons. The lowest BCUT2D eigenvalue weighted by Crippen LogP contribution is -2.68. The number of fused-ring (bicyclic) bond motifs is 7. The van der Waals surface area contributed by atoms with Crippen LogP contribution in [0.15, 0.2) is 90.5 Å². The Bertz CT molecular complexity index is 2800. The number of hydrogen-bond donors (Lipinski definition) is 5. The second-order valence-corrected chi connectivity index (χ2v) is 26.2. The number of allylic oxidation sites excluding steroid dienone is 2. The van der Waals surface area contributed by atoms with Gasteiger partial charge in [0.1, 0.15) is 54.7 Å². The van der Waals surface area contributed by atoms with Crippen LogP contribution >= 0.6 is 0 Å². The smallest absolute Gasteiger partial charge is 0.343 e. The number of benzene rings is 3. The quantitative estimate of drug-likeness (QED) is 0.0708. The van der Waals surface area contributed by atoms with Crippen LogP contribution in [0.1, 0.15) is 123 Å². The molecule has 79 heavy (non-hydrogen) atoms. The molecular weight excluding hydrogens is 1010 g/mol. The van der Waals surface area contributed by atoms with Crippen molar-refractivity contribution >= 4 is 23.7 Å². The Morgan fingerprint density at radius 1 is 0.620 bits per heavy atom. The molecule has 7 aliphatic rings. The number of aryl methyl sites for hydroxylation is 2. The predicted molar refractivity (Wildman–Crippen MR) is 286 cm³/mol. The van der Waals surface area contributed by atoms with E-state index in [-0.39, 0.29) is 52.7 Å². The molecule has 0 bridgehead atoms. The zero-order valence-electron chi connectivity index (χ0n) is 47.0. The summed E-state index contributed by atoms with van der Waals surface area (Å²) in [4.78, 5) is 56.9. The highest BCUT2D eigenvalue weighted by atomic mass is 16.8. The number of aliphatic hydroxyl groups is 5. The number of ether oxygens (including phenoxy) is 7. The normalized spacial score (nSPS) is 41.5. The van der Waals surface area contributed by atoms with Gasteiger partial charge in [0.15, 0.2) is 30.6 Å². The van der Waals surface area contributed by atoms with Crippen LogP contribution in [0, 0.1) is 64.1 Å². The van der Waals surface area contributed by atoms with Crippen molar-refractivity contribution in [1.29, 1.82) is 0 Å². The number of ketones is 1. The highest BCUT2D eigenvalue weighted by Gasteiger charge is 2.71. The highest BCUT2D eigenvalue weighted by Crippen LogP contribution is 2.75. The molecule has 2 aliphatic heterocycles. The molecule has 6 fully saturated rings. The van der Waals surface area contributed by atoms with Gasteiger partial charge in [-0.3, -0.25) is 9.59 Å². The van der Waals surface area contributed by atoms with Gasteiger partial charge in [-0.15, -0.1) is 0 Å². The van der Waals surface area contributed by atoms with Crippen LogP contribution in [0.2, 0.25) is 0 Å². The van der Waals surface area contributed by atoms with E-state index in [1.165, 1.54) is 17.7 Å². The van der Waals surface area contributed by atoms with E-state index in [1.54, 1.807) is 36.4 Å². The van der Waals surface area contributed by atoms with Crippen molar-refractivity contribution in [3.8, 4) is 11.5 Å². The summed E-state index contributed by atoms with van der Waals surface area (Å²) in [6.07, 6.45) is -11.0. The molecule has 2 heterocycles. The Morgan fingerprint density at radius 2 is 1.22 bits per heavy atom. The first kappa shape index (κ1) is 57.4. The fourth-order valence-corrected chi connectivity index (χ4v) is 15.8. The Balaban J connectivity index is 0.911. The summed E-state index contributed by atoms with van der Waals surface area (Å²) in [6.45, 7) is 19.2. The molecule has 0 spiro atoms. The van der Waals surface area contributed by atoms with Crippen LogP contribution in [0.25, 0.3) is 0 Å². The van der Waals surface area contributed by atoms with Crippen molar-refractivity contribution in [2.45, 2.75) is 194 Å². The van der Waals surface area contributed by atoms with E-state index in [9.17, 15) is 39.9 Å². The third-order valence-electron chi connectivity index (χ3n) is 20.9. The van der Waals surface area contributed by atoms with Crippen molar-refractivity contribution in [2.75, 3.05) is 0 Å². The zero-order valence-corrected chi connectivity index (χ0v) is 47.0. The van der Waals surface area contributed by atoms with E-state index >= 15 is 4.79 Å². The highest BCUT2D eigenvalue weighted by molar-refractivity contribution is 5.96. The van der Waals surface area contributed by atoms with Crippen molar-refractivity contribution in [3.05, 3.63) is 107 Å². The van der Waals surface area contributed by atoms with Gasteiger partial charge in [0.25, 0.3) is 0 Å². The van der Waals surface area contributed by atoms with Crippen molar-refractivity contribution in [2.24, 2.45) is 50.2 Å². The molecule has 4 saturated carbocycles. The minimum atomic E-state index is -2.00. The van der Waals surface area contributed by atoms with Gasteiger partial charge in [-0.25, -0.2) is 9.59 Å². The van der Waals surface area contributed by atoms with E-state index in [2.05, 4.69) is 41.5 Å². The van der Waals surface area contributed by atoms with Gasteiger partial charge >= 0.3 is 17.9 Å². The van der Waals surface area contributed by atoms with Crippen molar-refractivity contribution in [3.63, 3.8) is 0 Å². The predicted octanol–water partition coefficient (Wildman–Crippen LogP) is 7.56. The van der Waals surface area contributed by atoms with Crippen LogP contribution in [0.4, 0.5) is 0 Å².